The van der Waals surface area contributed by atoms with E-state index in [4.69, 9.17) is 5.26 Å². The van der Waals surface area contributed by atoms with E-state index in [0.29, 0.717) is 5.17 Å². The first-order chi connectivity index (χ1) is 9.63. The molecule has 0 radical (unpaired) electrons. The predicted octanol–water partition coefficient (Wildman–Crippen LogP) is 3.85. The van der Waals surface area contributed by atoms with Crippen molar-refractivity contribution >= 4 is 34.0 Å². The molecule has 0 bridgehead atoms. The molecule has 4 nitrogen and oxygen atoms in total. The van der Waals surface area contributed by atoms with E-state index < -0.39 is 0 Å². The molecule has 1 heterocycles. The van der Waals surface area contributed by atoms with Crippen molar-refractivity contribution in [3.63, 3.8) is 0 Å². The average molecular weight is 302 g/mol. The maximum atomic E-state index is 8.65. The number of hydrogen-bond donors (Lipinski definition) is 1. The number of benzene rings is 1. The summed E-state index contributed by atoms with van der Waals surface area (Å²) >= 11 is 3.08. The molecule has 0 aliphatic carbocycles. The van der Waals surface area contributed by atoms with Crippen LogP contribution in [0.25, 0.3) is 10.6 Å². The Kier molecular flexibility index (Phi) is 4.77. The molecule has 1 aromatic heterocycles. The molecule has 0 unspecified atom stereocenters. The number of nitrogens with zero attached hydrogens (tertiary/aromatic N) is 3. The molecule has 0 saturated carbocycles. The van der Waals surface area contributed by atoms with Crippen molar-refractivity contribution in [3.8, 4) is 16.8 Å². The third-order valence-electron chi connectivity index (χ3n) is 2.71. The number of nitriles is 1. The van der Waals surface area contributed by atoms with Gasteiger partial charge in [-0.05, 0) is 32.2 Å². The Morgan fingerprint density at radius 3 is 2.85 bits per heavy atom. The lowest BCUT2D eigenvalue weighted by Crippen LogP contribution is -2.12. The molecule has 0 aliphatic rings. The summed E-state index contributed by atoms with van der Waals surface area (Å²) in [5.41, 5.74) is 2.92. The van der Waals surface area contributed by atoms with Crippen molar-refractivity contribution in [2.24, 2.45) is 4.99 Å². The van der Waals surface area contributed by atoms with E-state index in [2.05, 4.69) is 22.2 Å². The maximum absolute atomic E-state index is 8.65. The molecule has 0 spiro atoms. The maximum Gasteiger partial charge on any atom is 0.183 e. The second-order valence-electron chi connectivity index (χ2n) is 4.07. The fourth-order valence-corrected chi connectivity index (χ4v) is 2.85. The second kappa shape index (κ2) is 6.55. The van der Waals surface area contributed by atoms with E-state index in [1.54, 1.807) is 11.3 Å². The Morgan fingerprint density at radius 2 is 2.25 bits per heavy atom. The van der Waals surface area contributed by atoms with Gasteiger partial charge in [-0.2, -0.15) is 5.26 Å². The molecule has 0 amide bonds. The normalized spacial score (nSPS) is 11.2. The molecular weight excluding hydrogens is 288 g/mol. The first-order valence-corrected chi connectivity index (χ1v) is 8.00. The van der Waals surface area contributed by atoms with Crippen molar-refractivity contribution in [3.05, 3.63) is 34.8 Å². The highest BCUT2D eigenvalue weighted by Gasteiger charge is 2.07. The smallest absolute Gasteiger partial charge is 0.183 e. The molecule has 2 aromatic rings. The van der Waals surface area contributed by atoms with Crippen LogP contribution in [0.2, 0.25) is 0 Å². The zero-order valence-electron chi connectivity index (χ0n) is 11.5. The molecule has 1 aromatic carbocycles. The van der Waals surface area contributed by atoms with E-state index in [9.17, 15) is 0 Å². The highest BCUT2D eigenvalue weighted by Crippen LogP contribution is 2.29. The fourth-order valence-electron chi connectivity index (χ4n) is 1.59. The van der Waals surface area contributed by atoms with Crippen LogP contribution >= 0.6 is 23.1 Å². The van der Waals surface area contributed by atoms with Crippen LogP contribution in [0.15, 0.2) is 29.3 Å². The number of rotatable bonds is 2. The van der Waals surface area contributed by atoms with Gasteiger partial charge in [-0.1, -0.05) is 23.9 Å². The number of aryl methyl sites for hydroxylation is 2. The van der Waals surface area contributed by atoms with Gasteiger partial charge >= 0.3 is 0 Å². The lowest BCUT2D eigenvalue weighted by Gasteiger charge is -2.01. The second-order valence-corrected chi connectivity index (χ2v) is 6.07. The van der Waals surface area contributed by atoms with Gasteiger partial charge in [0.2, 0.25) is 0 Å². The van der Waals surface area contributed by atoms with Crippen LogP contribution in [0.1, 0.15) is 10.6 Å². The van der Waals surface area contributed by atoms with Crippen molar-refractivity contribution in [2.45, 2.75) is 13.8 Å². The van der Waals surface area contributed by atoms with Gasteiger partial charge in [0.1, 0.15) is 5.01 Å². The van der Waals surface area contributed by atoms with Gasteiger partial charge in [0, 0.05) is 10.4 Å². The summed E-state index contributed by atoms with van der Waals surface area (Å²) in [5, 5.41) is 12.8. The number of hydrogen-bond acceptors (Lipinski definition) is 5. The summed E-state index contributed by atoms with van der Waals surface area (Å²) in [6.45, 7) is 4.08. The topological polar surface area (TPSA) is 61.1 Å². The minimum Gasteiger partial charge on any atom is -0.271 e. The van der Waals surface area contributed by atoms with Gasteiger partial charge in [-0.3, -0.25) is 5.32 Å². The molecular formula is C14H14N4S2. The van der Waals surface area contributed by atoms with Crippen LogP contribution in [0, 0.1) is 25.3 Å². The average Bonchev–Trinajstić information content (AvgIpc) is 2.78. The summed E-state index contributed by atoms with van der Waals surface area (Å²) in [6, 6.07) is 7.86. The zero-order valence-corrected chi connectivity index (χ0v) is 13.1. The van der Waals surface area contributed by atoms with Crippen LogP contribution in [-0.4, -0.2) is 16.4 Å². The van der Waals surface area contributed by atoms with Gasteiger partial charge in [-0.15, -0.1) is 11.3 Å². The first-order valence-electron chi connectivity index (χ1n) is 5.96. The largest absolute Gasteiger partial charge is 0.271 e. The van der Waals surface area contributed by atoms with E-state index >= 15 is 0 Å². The Morgan fingerprint density at radius 1 is 1.45 bits per heavy atom. The van der Waals surface area contributed by atoms with E-state index in [1.807, 2.05) is 43.6 Å². The van der Waals surface area contributed by atoms with Crippen LogP contribution in [0.3, 0.4) is 0 Å². The number of thioether (sulfide) groups is 1. The number of nitrogens with one attached hydrogen (secondary N) is 1. The Bertz CT molecular complexity index is 663. The fraction of sp³-hybridized carbons (Fsp3) is 0.214. The third kappa shape index (κ3) is 3.38. The van der Waals surface area contributed by atoms with Crippen molar-refractivity contribution < 1.29 is 0 Å². The summed E-state index contributed by atoms with van der Waals surface area (Å²) in [6.07, 6.45) is 3.76. The molecule has 0 saturated heterocycles. The SMILES string of the molecule is CSC(=Nc1cccc(-c2nc(C)c(C)s2)c1)NC#N. The van der Waals surface area contributed by atoms with Gasteiger partial charge < -0.3 is 0 Å². The third-order valence-corrected chi connectivity index (χ3v) is 4.41. The standard InChI is InChI=1S/C14H14N4S2/c1-9-10(2)20-13(17-9)11-5-4-6-12(7-11)18-14(19-3)16-8-15/h4-7H,1-3H3,(H,16,18). The van der Waals surface area contributed by atoms with Crippen molar-refractivity contribution in [1.29, 1.82) is 5.26 Å². The quantitative estimate of drug-likeness (QED) is 0.396. The minimum atomic E-state index is 0.580. The summed E-state index contributed by atoms with van der Waals surface area (Å²) in [7, 11) is 0. The molecule has 0 aliphatic heterocycles. The minimum absolute atomic E-state index is 0.580. The van der Waals surface area contributed by atoms with Crippen LogP contribution in [0.4, 0.5) is 5.69 Å². The van der Waals surface area contributed by atoms with Gasteiger partial charge in [0.25, 0.3) is 0 Å². The molecule has 102 valence electrons. The Labute approximate surface area is 126 Å². The number of amidine groups is 1. The lowest BCUT2D eigenvalue weighted by atomic mass is 10.2. The molecule has 0 fully saturated rings. The van der Waals surface area contributed by atoms with Crippen molar-refractivity contribution in [1.82, 2.24) is 10.3 Å². The summed E-state index contributed by atoms with van der Waals surface area (Å²) in [4.78, 5) is 10.2. The van der Waals surface area contributed by atoms with Crippen molar-refractivity contribution in [2.75, 3.05) is 6.26 Å². The lowest BCUT2D eigenvalue weighted by molar-refractivity contribution is 1.23. The van der Waals surface area contributed by atoms with Crippen LogP contribution in [-0.2, 0) is 0 Å². The van der Waals surface area contributed by atoms with Gasteiger partial charge in [-0.25, -0.2) is 9.98 Å². The monoisotopic (exact) mass is 302 g/mol. The number of aromatic nitrogens is 1. The van der Waals surface area contributed by atoms with Crippen LogP contribution < -0.4 is 5.32 Å². The van der Waals surface area contributed by atoms with E-state index in [-0.39, 0.29) is 0 Å². The summed E-state index contributed by atoms with van der Waals surface area (Å²) < 4.78 is 0. The molecule has 6 heteroatoms. The molecule has 1 N–H and O–H groups in total. The van der Waals surface area contributed by atoms with E-state index in [1.165, 1.54) is 16.6 Å². The van der Waals surface area contributed by atoms with E-state index in [0.717, 1.165) is 22.0 Å². The van der Waals surface area contributed by atoms with Crippen LogP contribution in [0.5, 0.6) is 0 Å². The predicted molar refractivity (Wildman–Crippen MR) is 86.4 cm³/mol. The highest BCUT2D eigenvalue weighted by atomic mass is 32.2. The highest BCUT2D eigenvalue weighted by molar-refractivity contribution is 8.13. The molecule has 20 heavy (non-hydrogen) atoms. The Balaban J connectivity index is 2.35. The zero-order chi connectivity index (χ0) is 14.5. The summed E-state index contributed by atoms with van der Waals surface area (Å²) in [5.74, 6) is 0. The van der Waals surface area contributed by atoms with Gasteiger partial charge in [0.05, 0.1) is 11.4 Å². The first kappa shape index (κ1) is 14.6. The molecule has 0 atom stereocenters. The van der Waals surface area contributed by atoms with Gasteiger partial charge in [0.15, 0.2) is 11.4 Å². The Hall–Kier alpha value is -1.84. The number of aliphatic imine (C=N–C) groups is 1. The molecule has 2 rings (SSSR count). The number of thiazole rings is 1.